The normalized spacial score (nSPS) is 10.3. The highest BCUT2D eigenvalue weighted by Crippen LogP contribution is 2.16. The maximum Gasteiger partial charge on any atom is 0.258 e. The van der Waals surface area contributed by atoms with Crippen LogP contribution in [0, 0.1) is 5.82 Å². The predicted molar refractivity (Wildman–Crippen MR) is 73.7 cm³/mol. The molecule has 0 unspecified atom stereocenters. The van der Waals surface area contributed by atoms with Crippen LogP contribution in [0.2, 0.25) is 0 Å². The van der Waals surface area contributed by atoms with Crippen LogP contribution in [0.25, 0.3) is 0 Å². The number of aromatic nitrogens is 3. The van der Waals surface area contributed by atoms with Crippen LogP contribution in [0.1, 0.15) is 0 Å². The number of benzene rings is 1. The van der Waals surface area contributed by atoms with Crippen molar-refractivity contribution in [2.45, 2.75) is 5.16 Å². The summed E-state index contributed by atoms with van der Waals surface area (Å²) in [5.41, 5.74) is 2.77. The largest absolute Gasteiger partial charge is 0.334 e. The third-order valence-electron chi connectivity index (χ3n) is 2.25. The number of nitrogen functional groups attached to an aromatic ring is 2. The minimum absolute atomic E-state index is 0.0806. The van der Waals surface area contributed by atoms with Crippen LogP contribution in [0.5, 0.6) is 0 Å². The predicted octanol–water partition coefficient (Wildman–Crippen LogP) is 0.147. The van der Waals surface area contributed by atoms with Crippen molar-refractivity contribution in [3.05, 3.63) is 30.1 Å². The zero-order valence-corrected chi connectivity index (χ0v) is 11.0. The maximum absolute atomic E-state index is 12.7. The van der Waals surface area contributed by atoms with E-state index in [-0.39, 0.29) is 23.4 Å². The number of nitrogens with two attached hydrogens (primary N) is 2. The standard InChI is InChI=1S/C10H12FN7OS/c11-6-1-3-7(4-2-6)14-8(19)5-20-10-17-16-9(15-12)18(10)13/h1-4H,5,12-13H2,(H,14,19)(H,15,16). The van der Waals surface area contributed by atoms with Crippen molar-refractivity contribution in [3.8, 4) is 0 Å². The molecule has 1 heterocycles. The van der Waals surface area contributed by atoms with Crippen molar-refractivity contribution in [1.29, 1.82) is 0 Å². The van der Waals surface area contributed by atoms with E-state index >= 15 is 0 Å². The van der Waals surface area contributed by atoms with E-state index in [1.165, 1.54) is 24.3 Å². The molecule has 0 spiro atoms. The van der Waals surface area contributed by atoms with Crippen LogP contribution < -0.4 is 22.4 Å². The number of rotatable bonds is 5. The van der Waals surface area contributed by atoms with Crippen LogP contribution in [-0.2, 0) is 4.79 Å². The first-order valence-electron chi connectivity index (χ1n) is 5.45. The van der Waals surface area contributed by atoms with Gasteiger partial charge in [0.15, 0.2) is 0 Å². The molecule has 106 valence electrons. The Bertz CT molecular complexity index is 600. The molecule has 0 bridgehead atoms. The lowest BCUT2D eigenvalue weighted by atomic mass is 10.3. The summed E-state index contributed by atoms with van der Waals surface area (Å²) >= 11 is 1.10. The molecule has 0 fully saturated rings. The minimum Gasteiger partial charge on any atom is -0.334 e. The molecule has 2 aromatic rings. The van der Waals surface area contributed by atoms with Crippen molar-refractivity contribution >= 4 is 29.3 Å². The molecule has 8 nitrogen and oxygen atoms in total. The summed E-state index contributed by atoms with van der Waals surface area (Å²) in [7, 11) is 0. The van der Waals surface area contributed by atoms with Crippen molar-refractivity contribution in [2.75, 3.05) is 22.3 Å². The van der Waals surface area contributed by atoms with Gasteiger partial charge in [0.05, 0.1) is 5.75 Å². The summed E-state index contributed by atoms with van der Waals surface area (Å²) < 4.78 is 13.8. The topological polar surface area (TPSA) is 124 Å². The number of nitrogens with one attached hydrogen (secondary N) is 2. The van der Waals surface area contributed by atoms with E-state index in [1.54, 1.807) is 0 Å². The zero-order valence-electron chi connectivity index (χ0n) is 10.2. The first-order valence-corrected chi connectivity index (χ1v) is 6.44. The lowest BCUT2D eigenvalue weighted by Gasteiger charge is -2.05. The van der Waals surface area contributed by atoms with E-state index in [0.29, 0.717) is 10.8 Å². The Kier molecular flexibility index (Phi) is 4.38. The molecule has 10 heteroatoms. The Morgan fingerprint density at radius 2 is 2.05 bits per heavy atom. The number of carbonyl (C=O) groups excluding carboxylic acids is 1. The van der Waals surface area contributed by atoms with Crippen LogP contribution >= 0.6 is 11.8 Å². The molecule has 1 amide bonds. The zero-order chi connectivity index (χ0) is 14.5. The van der Waals surface area contributed by atoms with Crippen LogP contribution in [-0.4, -0.2) is 26.5 Å². The molecule has 20 heavy (non-hydrogen) atoms. The summed E-state index contributed by atoms with van der Waals surface area (Å²) in [5.74, 6) is 10.4. The number of hydrazine groups is 1. The van der Waals surface area contributed by atoms with Crippen molar-refractivity contribution in [2.24, 2.45) is 5.84 Å². The van der Waals surface area contributed by atoms with Crippen LogP contribution in [0.3, 0.4) is 0 Å². The average molecular weight is 297 g/mol. The van der Waals surface area contributed by atoms with Gasteiger partial charge < -0.3 is 11.2 Å². The van der Waals surface area contributed by atoms with Gasteiger partial charge in [-0.05, 0) is 24.3 Å². The highest BCUT2D eigenvalue weighted by Gasteiger charge is 2.11. The molecular formula is C10H12FN7OS. The molecule has 1 aromatic carbocycles. The molecular weight excluding hydrogens is 285 g/mol. The van der Waals surface area contributed by atoms with E-state index in [9.17, 15) is 9.18 Å². The van der Waals surface area contributed by atoms with Gasteiger partial charge in [0.1, 0.15) is 5.82 Å². The molecule has 0 aliphatic carbocycles. The minimum atomic E-state index is -0.365. The van der Waals surface area contributed by atoms with E-state index in [2.05, 4.69) is 20.9 Å². The van der Waals surface area contributed by atoms with E-state index in [0.717, 1.165) is 16.4 Å². The first kappa shape index (κ1) is 14.1. The van der Waals surface area contributed by atoms with Crippen molar-refractivity contribution in [1.82, 2.24) is 14.9 Å². The number of amides is 1. The fraction of sp³-hybridized carbons (Fsp3) is 0.100. The number of hydrogen-bond donors (Lipinski definition) is 4. The average Bonchev–Trinajstić information content (AvgIpc) is 2.79. The molecule has 0 radical (unpaired) electrons. The summed E-state index contributed by atoms with van der Waals surface area (Å²) in [4.78, 5) is 11.7. The van der Waals surface area contributed by atoms with Gasteiger partial charge in [-0.15, -0.1) is 10.2 Å². The summed E-state index contributed by atoms with van der Waals surface area (Å²) in [6.45, 7) is 0. The summed E-state index contributed by atoms with van der Waals surface area (Å²) in [5, 5.41) is 10.4. The SMILES string of the molecule is NNc1nnc(SCC(=O)Nc2ccc(F)cc2)n1N. The Labute approximate surface area is 117 Å². The van der Waals surface area contributed by atoms with Crippen LogP contribution in [0.15, 0.2) is 29.4 Å². The van der Waals surface area contributed by atoms with Gasteiger partial charge in [0.2, 0.25) is 11.1 Å². The summed E-state index contributed by atoms with van der Waals surface area (Å²) in [6.07, 6.45) is 0. The number of halogens is 1. The molecule has 0 saturated carbocycles. The number of carbonyl (C=O) groups is 1. The molecule has 2 rings (SSSR count). The smallest absolute Gasteiger partial charge is 0.258 e. The molecule has 0 atom stereocenters. The van der Waals surface area contributed by atoms with Crippen LogP contribution in [0.4, 0.5) is 16.0 Å². The Morgan fingerprint density at radius 3 is 2.65 bits per heavy atom. The van der Waals surface area contributed by atoms with Crippen molar-refractivity contribution < 1.29 is 9.18 Å². The second kappa shape index (κ2) is 6.21. The molecule has 0 aliphatic rings. The summed E-state index contributed by atoms with van der Waals surface area (Å²) in [6, 6.07) is 5.47. The number of nitrogens with zero attached hydrogens (tertiary/aromatic N) is 3. The second-order valence-electron chi connectivity index (χ2n) is 3.66. The molecule has 0 saturated heterocycles. The Hall–Kier alpha value is -2.33. The van der Waals surface area contributed by atoms with Gasteiger partial charge in [0, 0.05) is 5.69 Å². The fourth-order valence-electron chi connectivity index (χ4n) is 1.33. The van der Waals surface area contributed by atoms with E-state index in [1.807, 2.05) is 0 Å². The quantitative estimate of drug-likeness (QED) is 0.352. The Morgan fingerprint density at radius 1 is 1.35 bits per heavy atom. The number of hydrogen-bond acceptors (Lipinski definition) is 7. The molecule has 6 N–H and O–H groups in total. The number of thioether (sulfide) groups is 1. The lowest BCUT2D eigenvalue weighted by molar-refractivity contribution is -0.113. The third kappa shape index (κ3) is 3.36. The van der Waals surface area contributed by atoms with Gasteiger partial charge in [-0.25, -0.2) is 14.9 Å². The highest BCUT2D eigenvalue weighted by molar-refractivity contribution is 7.99. The van der Waals surface area contributed by atoms with Gasteiger partial charge in [-0.2, -0.15) is 0 Å². The first-order chi connectivity index (χ1) is 9.60. The van der Waals surface area contributed by atoms with Crippen molar-refractivity contribution in [3.63, 3.8) is 0 Å². The fourth-order valence-corrected chi connectivity index (χ4v) is 1.99. The van der Waals surface area contributed by atoms with Gasteiger partial charge in [-0.1, -0.05) is 11.8 Å². The monoisotopic (exact) mass is 297 g/mol. The Balaban J connectivity index is 1.88. The van der Waals surface area contributed by atoms with Gasteiger partial charge in [-0.3, -0.25) is 10.2 Å². The molecule has 0 aliphatic heterocycles. The second-order valence-corrected chi connectivity index (χ2v) is 4.61. The third-order valence-corrected chi connectivity index (χ3v) is 3.20. The van der Waals surface area contributed by atoms with Gasteiger partial charge >= 0.3 is 0 Å². The highest BCUT2D eigenvalue weighted by atomic mass is 32.2. The number of anilines is 2. The van der Waals surface area contributed by atoms with E-state index in [4.69, 9.17) is 11.7 Å². The lowest BCUT2D eigenvalue weighted by Crippen LogP contribution is -2.19. The maximum atomic E-state index is 12.7. The molecule has 1 aromatic heterocycles. The van der Waals surface area contributed by atoms with Gasteiger partial charge in [0.25, 0.3) is 5.95 Å². The van der Waals surface area contributed by atoms with E-state index < -0.39 is 0 Å².